The second kappa shape index (κ2) is 6.90. The van der Waals surface area contributed by atoms with Crippen LogP contribution in [0.4, 0.5) is 4.39 Å². The Bertz CT molecular complexity index is 543. The Kier molecular flexibility index (Phi) is 5.16. The minimum absolute atomic E-state index is 0.0227. The summed E-state index contributed by atoms with van der Waals surface area (Å²) in [5.41, 5.74) is 0.911. The number of aliphatic carboxylic acids is 1. The molecule has 0 spiro atoms. The summed E-state index contributed by atoms with van der Waals surface area (Å²) in [6, 6.07) is 6.23. The van der Waals surface area contributed by atoms with Crippen LogP contribution in [0, 0.1) is 11.7 Å². The quantitative estimate of drug-likeness (QED) is 0.930. The Morgan fingerprint density at radius 1 is 1.32 bits per heavy atom. The number of carboxylic acids is 1. The molecule has 1 amide bonds. The highest BCUT2D eigenvalue weighted by Crippen LogP contribution is 2.26. The van der Waals surface area contributed by atoms with Crippen LogP contribution in [0.25, 0.3) is 0 Å². The lowest BCUT2D eigenvalue weighted by atomic mass is 9.91. The van der Waals surface area contributed by atoms with E-state index in [1.165, 1.54) is 12.1 Å². The van der Waals surface area contributed by atoms with Crippen molar-refractivity contribution in [2.24, 2.45) is 5.92 Å². The minimum atomic E-state index is -0.837. The molecule has 0 aliphatic carbocycles. The Balaban J connectivity index is 2.00. The molecule has 1 N–H and O–H groups in total. The van der Waals surface area contributed by atoms with Gasteiger partial charge in [0, 0.05) is 19.0 Å². The fourth-order valence-electron chi connectivity index (χ4n) is 2.94. The van der Waals surface area contributed by atoms with Gasteiger partial charge in [-0.2, -0.15) is 0 Å². The Hall–Kier alpha value is -1.91. The summed E-state index contributed by atoms with van der Waals surface area (Å²) in [5, 5.41) is 9.14. The van der Waals surface area contributed by atoms with Gasteiger partial charge in [0.1, 0.15) is 5.82 Å². The van der Waals surface area contributed by atoms with E-state index in [4.69, 9.17) is 5.11 Å². The topological polar surface area (TPSA) is 57.6 Å². The molecule has 5 heteroatoms. The predicted octanol–water partition coefficient (Wildman–Crippen LogP) is 3.03. The van der Waals surface area contributed by atoms with Crippen LogP contribution in [-0.4, -0.2) is 34.5 Å². The van der Waals surface area contributed by atoms with Crippen LogP contribution < -0.4 is 0 Å². The average Bonchev–Trinajstić information content (AvgIpc) is 2.47. The van der Waals surface area contributed by atoms with Gasteiger partial charge in [-0.05, 0) is 43.4 Å². The fraction of sp³-hybridized carbons (Fsp3) is 0.529. The van der Waals surface area contributed by atoms with Gasteiger partial charge in [-0.3, -0.25) is 9.59 Å². The molecule has 1 aromatic rings. The van der Waals surface area contributed by atoms with Crippen LogP contribution in [0.15, 0.2) is 24.3 Å². The molecule has 0 radical (unpaired) electrons. The molecule has 0 aromatic heterocycles. The van der Waals surface area contributed by atoms with Crippen LogP contribution in [0.1, 0.15) is 44.6 Å². The molecule has 1 aromatic carbocycles. The molecule has 1 heterocycles. The third kappa shape index (κ3) is 3.84. The maximum absolute atomic E-state index is 12.9. The van der Waals surface area contributed by atoms with E-state index < -0.39 is 11.9 Å². The highest BCUT2D eigenvalue weighted by atomic mass is 19.1. The number of carbonyl (C=O) groups excluding carboxylic acids is 1. The van der Waals surface area contributed by atoms with Crippen molar-refractivity contribution in [2.75, 3.05) is 6.54 Å². The molecule has 3 unspecified atom stereocenters. The van der Waals surface area contributed by atoms with Gasteiger partial charge < -0.3 is 10.0 Å². The SMILES string of the molecule is CC(CC(=O)N1CC(C(=O)O)CCC1C)c1ccc(F)cc1. The standard InChI is InChI=1S/C17H22FNO3/c1-11(13-5-7-15(18)8-6-13)9-16(20)19-10-14(17(21)22)4-3-12(19)2/h5-8,11-12,14H,3-4,9-10H2,1-2H3,(H,21,22). The summed E-state index contributed by atoms with van der Waals surface area (Å²) in [5.74, 6) is -1.66. The Labute approximate surface area is 129 Å². The summed E-state index contributed by atoms with van der Waals surface area (Å²) < 4.78 is 12.9. The van der Waals surface area contributed by atoms with Crippen molar-refractivity contribution in [3.63, 3.8) is 0 Å². The Morgan fingerprint density at radius 2 is 1.95 bits per heavy atom. The third-order valence-electron chi connectivity index (χ3n) is 4.47. The summed E-state index contributed by atoms with van der Waals surface area (Å²) in [6.07, 6.45) is 1.64. The fourth-order valence-corrected chi connectivity index (χ4v) is 2.94. The normalized spacial score (nSPS) is 23.1. The highest BCUT2D eigenvalue weighted by molar-refractivity contribution is 5.79. The summed E-state index contributed by atoms with van der Waals surface area (Å²) in [4.78, 5) is 25.3. The maximum atomic E-state index is 12.9. The number of carboxylic acid groups (broad SMARTS) is 1. The molecule has 1 saturated heterocycles. The monoisotopic (exact) mass is 307 g/mol. The van der Waals surface area contributed by atoms with Crippen molar-refractivity contribution in [1.82, 2.24) is 4.90 Å². The summed E-state index contributed by atoms with van der Waals surface area (Å²) in [7, 11) is 0. The van der Waals surface area contributed by atoms with E-state index in [9.17, 15) is 14.0 Å². The van der Waals surface area contributed by atoms with Crippen LogP contribution >= 0.6 is 0 Å². The first kappa shape index (κ1) is 16.5. The van der Waals surface area contributed by atoms with Crippen molar-refractivity contribution in [3.05, 3.63) is 35.6 Å². The largest absolute Gasteiger partial charge is 0.481 e. The zero-order valence-corrected chi connectivity index (χ0v) is 13.0. The van der Waals surface area contributed by atoms with Crippen LogP contribution in [0.2, 0.25) is 0 Å². The first-order chi connectivity index (χ1) is 10.4. The maximum Gasteiger partial charge on any atom is 0.308 e. The number of likely N-dealkylation sites (tertiary alicyclic amines) is 1. The lowest BCUT2D eigenvalue weighted by Gasteiger charge is -2.37. The van der Waals surface area contributed by atoms with E-state index in [-0.39, 0.29) is 30.2 Å². The number of hydrogen-bond donors (Lipinski definition) is 1. The van der Waals surface area contributed by atoms with Crippen molar-refractivity contribution in [2.45, 2.75) is 45.1 Å². The van der Waals surface area contributed by atoms with Gasteiger partial charge in [-0.15, -0.1) is 0 Å². The smallest absolute Gasteiger partial charge is 0.308 e. The zero-order valence-electron chi connectivity index (χ0n) is 13.0. The first-order valence-corrected chi connectivity index (χ1v) is 7.66. The van der Waals surface area contributed by atoms with E-state index in [0.29, 0.717) is 19.3 Å². The van der Waals surface area contributed by atoms with Crippen LogP contribution in [-0.2, 0) is 9.59 Å². The molecule has 4 nitrogen and oxygen atoms in total. The second-order valence-electron chi connectivity index (χ2n) is 6.16. The lowest BCUT2D eigenvalue weighted by Crippen LogP contribution is -2.47. The molecule has 120 valence electrons. The van der Waals surface area contributed by atoms with E-state index >= 15 is 0 Å². The van der Waals surface area contributed by atoms with Gasteiger partial charge >= 0.3 is 5.97 Å². The molecular weight excluding hydrogens is 285 g/mol. The van der Waals surface area contributed by atoms with Crippen molar-refractivity contribution in [3.8, 4) is 0 Å². The van der Waals surface area contributed by atoms with E-state index in [2.05, 4.69) is 0 Å². The first-order valence-electron chi connectivity index (χ1n) is 7.66. The number of benzene rings is 1. The minimum Gasteiger partial charge on any atom is -0.481 e. The molecule has 1 fully saturated rings. The predicted molar refractivity (Wildman–Crippen MR) is 81.0 cm³/mol. The number of carbonyl (C=O) groups is 2. The number of amides is 1. The van der Waals surface area contributed by atoms with Crippen molar-refractivity contribution >= 4 is 11.9 Å². The van der Waals surface area contributed by atoms with Gasteiger partial charge in [0.2, 0.25) is 5.91 Å². The van der Waals surface area contributed by atoms with E-state index in [1.807, 2.05) is 13.8 Å². The third-order valence-corrected chi connectivity index (χ3v) is 4.47. The second-order valence-corrected chi connectivity index (χ2v) is 6.16. The molecular formula is C17H22FNO3. The highest BCUT2D eigenvalue weighted by Gasteiger charge is 2.32. The summed E-state index contributed by atoms with van der Waals surface area (Å²) in [6.45, 7) is 4.17. The molecule has 0 bridgehead atoms. The van der Waals surface area contributed by atoms with E-state index in [1.54, 1.807) is 17.0 Å². The van der Waals surface area contributed by atoms with Crippen LogP contribution in [0.5, 0.6) is 0 Å². The van der Waals surface area contributed by atoms with Gasteiger partial charge in [0.15, 0.2) is 0 Å². The lowest BCUT2D eigenvalue weighted by molar-refractivity contribution is -0.147. The molecule has 3 atom stereocenters. The Morgan fingerprint density at radius 3 is 2.55 bits per heavy atom. The number of halogens is 1. The number of nitrogens with zero attached hydrogens (tertiary/aromatic N) is 1. The van der Waals surface area contributed by atoms with Crippen molar-refractivity contribution < 1.29 is 19.1 Å². The molecule has 0 saturated carbocycles. The summed E-state index contributed by atoms with van der Waals surface area (Å²) >= 11 is 0. The van der Waals surface area contributed by atoms with Crippen molar-refractivity contribution in [1.29, 1.82) is 0 Å². The number of hydrogen-bond acceptors (Lipinski definition) is 2. The van der Waals surface area contributed by atoms with Gasteiger partial charge in [-0.25, -0.2) is 4.39 Å². The average molecular weight is 307 g/mol. The molecule has 1 aliphatic heterocycles. The molecule has 22 heavy (non-hydrogen) atoms. The number of piperidine rings is 1. The molecule has 2 rings (SSSR count). The van der Waals surface area contributed by atoms with Crippen LogP contribution in [0.3, 0.4) is 0 Å². The van der Waals surface area contributed by atoms with Gasteiger partial charge in [0.05, 0.1) is 5.92 Å². The zero-order chi connectivity index (χ0) is 16.3. The van der Waals surface area contributed by atoms with Gasteiger partial charge in [-0.1, -0.05) is 19.1 Å². The molecule has 1 aliphatic rings. The van der Waals surface area contributed by atoms with E-state index in [0.717, 1.165) is 5.56 Å². The van der Waals surface area contributed by atoms with Gasteiger partial charge in [0.25, 0.3) is 0 Å². The number of rotatable bonds is 4.